The molecule has 1 amide bonds. The minimum absolute atomic E-state index is 0.139. The topological polar surface area (TPSA) is 110 Å². The first-order valence-corrected chi connectivity index (χ1v) is 9.91. The molecule has 0 atom stereocenters. The third kappa shape index (κ3) is 3.31. The van der Waals surface area contributed by atoms with E-state index in [1.807, 2.05) is 32.0 Å². The highest BCUT2D eigenvalue weighted by Gasteiger charge is 2.17. The number of carbonyl (C=O) groups excluding carboxylic acids is 1. The maximum absolute atomic E-state index is 12.8. The fourth-order valence-electron chi connectivity index (χ4n) is 3.16. The molecule has 0 saturated carbocycles. The summed E-state index contributed by atoms with van der Waals surface area (Å²) in [5.41, 5.74) is 2.76. The van der Waals surface area contributed by atoms with Crippen LogP contribution in [-0.2, 0) is 11.3 Å². The number of H-pyrrole nitrogens is 1. The number of carbonyl (C=O) groups is 1. The van der Waals surface area contributed by atoms with Gasteiger partial charge >= 0.3 is 0 Å². The number of amides is 1. The van der Waals surface area contributed by atoms with Crippen LogP contribution in [-0.4, -0.2) is 41.0 Å². The molecule has 29 heavy (non-hydrogen) atoms. The van der Waals surface area contributed by atoms with Gasteiger partial charge in [0.2, 0.25) is 11.7 Å². The van der Waals surface area contributed by atoms with Crippen LogP contribution in [0.5, 0.6) is 0 Å². The molecule has 0 radical (unpaired) electrons. The number of rotatable bonds is 6. The Balaban J connectivity index is 1.69. The number of nitrogens with one attached hydrogen (secondary N) is 2. The van der Waals surface area contributed by atoms with Gasteiger partial charge in [-0.05, 0) is 26.0 Å². The number of aromatic amines is 1. The van der Waals surface area contributed by atoms with E-state index in [1.54, 1.807) is 16.5 Å². The molecular weight excluding hydrogens is 390 g/mol. The molecule has 3 heterocycles. The van der Waals surface area contributed by atoms with Crippen molar-refractivity contribution in [2.24, 2.45) is 0 Å². The lowest BCUT2D eigenvalue weighted by molar-refractivity contribution is -0.113. The largest absolute Gasteiger partial charge is 0.322 e. The van der Waals surface area contributed by atoms with E-state index in [0.717, 1.165) is 11.4 Å². The van der Waals surface area contributed by atoms with Crippen molar-refractivity contribution in [3.8, 4) is 0 Å². The average Bonchev–Trinajstić information content (AvgIpc) is 3.28. The minimum atomic E-state index is -0.178. The van der Waals surface area contributed by atoms with E-state index in [1.165, 1.54) is 16.3 Å². The predicted molar refractivity (Wildman–Crippen MR) is 112 cm³/mol. The molecule has 3 aromatic heterocycles. The maximum atomic E-state index is 12.8. The van der Waals surface area contributed by atoms with Gasteiger partial charge in [0, 0.05) is 6.54 Å². The van der Waals surface area contributed by atoms with Crippen LogP contribution in [0.2, 0.25) is 0 Å². The number of aromatic nitrogens is 6. The fourth-order valence-corrected chi connectivity index (χ4v) is 3.90. The monoisotopic (exact) mass is 409 g/mol. The molecule has 0 unspecified atom stereocenters. The molecule has 0 aliphatic rings. The van der Waals surface area contributed by atoms with Gasteiger partial charge in [-0.25, -0.2) is 0 Å². The highest BCUT2D eigenvalue weighted by Crippen LogP contribution is 2.22. The second-order valence-electron chi connectivity index (χ2n) is 6.49. The third-order valence-corrected chi connectivity index (χ3v) is 5.44. The van der Waals surface area contributed by atoms with Gasteiger partial charge in [-0.15, -0.1) is 16.8 Å². The van der Waals surface area contributed by atoms with Gasteiger partial charge in [0.15, 0.2) is 5.16 Å². The normalized spacial score (nSPS) is 11.2. The van der Waals surface area contributed by atoms with Crippen LogP contribution in [0.3, 0.4) is 0 Å². The Hall–Kier alpha value is -3.40. The Kier molecular flexibility index (Phi) is 4.93. The Morgan fingerprint density at radius 2 is 2.10 bits per heavy atom. The van der Waals surface area contributed by atoms with Gasteiger partial charge < -0.3 is 5.32 Å². The number of fused-ring (bicyclic) bond motifs is 3. The Labute approximate surface area is 169 Å². The number of anilines is 1. The molecule has 1 aromatic carbocycles. The van der Waals surface area contributed by atoms with Crippen LogP contribution in [0.25, 0.3) is 16.7 Å². The summed E-state index contributed by atoms with van der Waals surface area (Å²) >= 11 is 1.25. The number of hydrogen-bond donors (Lipinski definition) is 2. The van der Waals surface area contributed by atoms with E-state index in [2.05, 4.69) is 32.3 Å². The lowest BCUT2D eigenvalue weighted by Crippen LogP contribution is -2.22. The van der Waals surface area contributed by atoms with Crippen molar-refractivity contribution in [1.82, 2.24) is 29.4 Å². The fraction of sp³-hybridized carbons (Fsp3) is 0.211. The SMILES string of the molecule is C=CCn1c(=O)c2ccccc2n2c(SCC(=O)Nc3c(C)n[nH]c3C)nnc12. The lowest BCUT2D eigenvalue weighted by atomic mass is 10.2. The van der Waals surface area contributed by atoms with Crippen LogP contribution in [0.1, 0.15) is 11.4 Å². The van der Waals surface area contributed by atoms with Gasteiger partial charge in [-0.1, -0.05) is 30.0 Å². The van der Waals surface area contributed by atoms with Crippen LogP contribution in [0.4, 0.5) is 5.69 Å². The van der Waals surface area contributed by atoms with Crippen molar-refractivity contribution in [3.63, 3.8) is 0 Å². The van der Waals surface area contributed by atoms with Crippen molar-refractivity contribution in [3.05, 3.63) is 58.7 Å². The highest BCUT2D eigenvalue weighted by molar-refractivity contribution is 7.99. The quantitative estimate of drug-likeness (QED) is 0.373. The molecule has 4 rings (SSSR count). The van der Waals surface area contributed by atoms with Gasteiger partial charge in [-0.3, -0.25) is 23.7 Å². The Bertz CT molecular complexity index is 1280. The first-order chi connectivity index (χ1) is 14.0. The molecule has 4 aromatic rings. The number of hydrogen-bond acceptors (Lipinski definition) is 6. The smallest absolute Gasteiger partial charge is 0.263 e. The molecule has 148 valence electrons. The summed E-state index contributed by atoms with van der Waals surface area (Å²) in [6.45, 7) is 7.70. The Morgan fingerprint density at radius 3 is 2.83 bits per heavy atom. The van der Waals surface area contributed by atoms with Gasteiger partial charge in [0.1, 0.15) is 0 Å². The second kappa shape index (κ2) is 7.55. The van der Waals surface area contributed by atoms with E-state index in [-0.39, 0.29) is 17.2 Å². The van der Waals surface area contributed by atoms with Crippen molar-refractivity contribution in [2.45, 2.75) is 25.5 Å². The van der Waals surface area contributed by atoms with Crippen LogP contribution in [0, 0.1) is 13.8 Å². The molecule has 0 saturated heterocycles. The van der Waals surface area contributed by atoms with Crippen LogP contribution >= 0.6 is 11.8 Å². The lowest BCUT2D eigenvalue weighted by Gasteiger charge is -2.09. The molecular formula is C19H19N7O2S. The summed E-state index contributed by atoms with van der Waals surface area (Å²) in [5.74, 6) is 0.376. The number of para-hydroxylation sites is 1. The third-order valence-electron chi connectivity index (χ3n) is 4.51. The summed E-state index contributed by atoms with van der Waals surface area (Å²) in [5, 5.41) is 19.3. The summed E-state index contributed by atoms with van der Waals surface area (Å²) in [4.78, 5) is 25.2. The van der Waals surface area contributed by atoms with E-state index >= 15 is 0 Å². The standard InChI is InChI=1S/C19H19N7O2S/c1-4-9-25-17(28)13-7-5-6-8-14(13)26-18(25)23-24-19(26)29-10-15(27)20-16-11(2)21-22-12(16)3/h4-8H,1,9-10H2,2-3H3,(H,20,27)(H,21,22). The zero-order valence-electron chi connectivity index (χ0n) is 16.0. The average molecular weight is 409 g/mol. The van der Waals surface area contributed by atoms with Crippen LogP contribution in [0.15, 0.2) is 46.9 Å². The predicted octanol–water partition coefficient (Wildman–Crippen LogP) is 2.30. The van der Waals surface area contributed by atoms with E-state index in [9.17, 15) is 9.59 Å². The van der Waals surface area contributed by atoms with Crippen LogP contribution < -0.4 is 10.9 Å². The first kappa shape index (κ1) is 18.9. The van der Waals surface area contributed by atoms with Gasteiger partial charge in [0.25, 0.3) is 5.56 Å². The second-order valence-corrected chi connectivity index (χ2v) is 7.43. The van der Waals surface area contributed by atoms with Crippen molar-refractivity contribution in [1.29, 1.82) is 0 Å². The number of aryl methyl sites for hydroxylation is 2. The summed E-state index contributed by atoms with van der Waals surface area (Å²) in [6.07, 6.45) is 1.64. The number of thioether (sulfide) groups is 1. The van der Waals surface area contributed by atoms with Gasteiger partial charge in [-0.2, -0.15) is 5.10 Å². The number of nitrogens with zero attached hydrogens (tertiary/aromatic N) is 5. The maximum Gasteiger partial charge on any atom is 0.263 e. The molecule has 9 nitrogen and oxygen atoms in total. The molecule has 0 fully saturated rings. The van der Waals surface area contributed by atoms with Crippen molar-refractivity contribution < 1.29 is 4.79 Å². The van der Waals surface area contributed by atoms with Crippen molar-refractivity contribution >= 4 is 40.0 Å². The zero-order valence-corrected chi connectivity index (χ0v) is 16.8. The van der Waals surface area contributed by atoms with E-state index < -0.39 is 0 Å². The Morgan fingerprint density at radius 1 is 1.31 bits per heavy atom. The summed E-state index contributed by atoms with van der Waals surface area (Å²) in [6, 6.07) is 7.27. The number of benzene rings is 1. The molecule has 10 heteroatoms. The van der Waals surface area contributed by atoms with E-state index in [0.29, 0.717) is 34.1 Å². The zero-order chi connectivity index (χ0) is 20.5. The molecule has 2 N–H and O–H groups in total. The molecule has 0 spiro atoms. The van der Waals surface area contributed by atoms with Crippen molar-refractivity contribution in [2.75, 3.05) is 11.1 Å². The molecule has 0 bridgehead atoms. The van der Waals surface area contributed by atoms with Gasteiger partial charge in [0.05, 0.1) is 33.7 Å². The minimum Gasteiger partial charge on any atom is -0.322 e. The summed E-state index contributed by atoms with van der Waals surface area (Å²) in [7, 11) is 0. The van der Waals surface area contributed by atoms with E-state index in [4.69, 9.17) is 0 Å². The molecule has 0 aliphatic carbocycles. The number of allylic oxidation sites excluding steroid dienone is 1. The molecule has 0 aliphatic heterocycles. The first-order valence-electron chi connectivity index (χ1n) is 8.93. The summed E-state index contributed by atoms with van der Waals surface area (Å²) < 4.78 is 3.32. The highest BCUT2D eigenvalue weighted by atomic mass is 32.2.